The van der Waals surface area contributed by atoms with Gasteiger partial charge in [0.05, 0.1) is 51.5 Å². The molecule has 10 nitrogen and oxygen atoms in total. The van der Waals surface area contributed by atoms with Crippen LogP contribution in [0.25, 0.3) is 0 Å². The zero-order valence-corrected chi connectivity index (χ0v) is 40.8. The Morgan fingerprint density at radius 1 is 0.493 bits per heavy atom. The molecular weight excluding hydrogens is 861 g/mol. The molecule has 67 heavy (non-hydrogen) atoms. The van der Waals surface area contributed by atoms with Gasteiger partial charge in [-0.15, -0.1) is 0 Å². The first-order chi connectivity index (χ1) is 32.6. The zero-order chi connectivity index (χ0) is 47.0. The van der Waals surface area contributed by atoms with Crippen molar-refractivity contribution in [2.45, 2.75) is 134 Å². The summed E-state index contributed by atoms with van der Waals surface area (Å²) in [6, 6.07) is 48.9. The molecule has 0 unspecified atom stereocenters. The summed E-state index contributed by atoms with van der Waals surface area (Å²) >= 11 is 0. The Balaban J connectivity index is 1.24. The molecule has 8 atom stereocenters. The van der Waals surface area contributed by atoms with Crippen molar-refractivity contribution in [3.63, 3.8) is 0 Å². The highest BCUT2D eigenvalue weighted by atomic mass is 28.4. The first-order valence-electron chi connectivity index (χ1n) is 23.7. The molecule has 1 saturated heterocycles. The van der Waals surface area contributed by atoms with Crippen molar-refractivity contribution in [1.29, 1.82) is 0 Å². The van der Waals surface area contributed by atoms with E-state index in [0.717, 1.165) is 22.3 Å². The Kier molecular flexibility index (Phi) is 18.5. The van der Waals surface area contributed by atoms with Gasteiger partial charge >= 0.3 is 5.97 Å². The maximum atomic E-state index is 14.2. The van der Waals surface area contributed by atoms with Crippen LogP contribution in [0.15, 0.2) is 164 Å². The van der Waals surface area contributed by atoms with Gasteiger partial charge in [0.25, 0.3) is 0 Å². The Morgan fingerprint density at radius 3 is 1.40 bits per heavy atom. The van der Waals surface area contributed by atoms with Crippen molar-refractivity contribution in [2.75, 3.05) is 13.2 Å². The smallest absolute Gasteiger partial charge is 0.338 e. The second-order valence-corrected chi connectivity index (χ2v) is 23.7. The summed E-state index contributed by atoms with van der Waals surface area (Å²) < 4.78 is 61.2. The summed E-state index contributed by atoms with van der Waals surface area (Å²) in [5.74, 6) is -0.547. The van der Waals surface area contributed by atoms with Gasteiger partial charge in [-0.1, -0.05) is 181 Å². The molecule has 0 N–H and O–H groups in total. The van der Waals surface area contributed by atoms with Crippen LogP contribution in [0.1, 0.15) is 74.2 Å². The van der Waals surface area contributed by atoms with E-state index in [-0.39, 0.29) is 26.4 Å². The Labute approximate surface area is 398 Å². The summed E-state index contributed by atoms with van der Waals surface area (Å²) in [4.78, 5) is 14.2. The first-order valence-corrected chi connectivity index (χ1v) is 25.9. The molecule has 2 heterocycles. The third kappa shape index (κ3) is 13.4. The third-order valence-corrected chi connectivity index (χ3v) is 18.9. The molecule has 0 spiro atoms. The van der Waals surface area contributed by atoms with Gasteiger partial charge in [-0.25, -0.2) is 4.79 Å². The summed E-state index contributed by atoms with van der Waals surface area (Å²) in [6.45, 7) is 15.0. The molecule has 0 saturated carbocycles. The van der Waals surface area contributed by atoms with Gasteiger partial charge in [0, 0.05) is 0 Å². The second kappa shape index (κ2) is 24.9. The molecule has 0 radical (unpaired) electrons. The molecule has 0 bridgehead atoms. The second-order valence-electron chi connectivity index (χ2n) is 18.3. The molecule has 0 aromatic heterocycles. The van der Waals surface area contributed by atoms with Crippen LogP contribution in [0.3, 0.4) is 0 Å². The lowest BCUT2D eigenvalue weighted by Gasteiger charge is -2.48. The number of rotatable bonds is 23. The Morgan fingerprint density at radius 2 is 0.925 bits per heavy atom. The maximum Gasteiger partial charge on any atom is 0.338 e. The van der Waals surface area contributed by atoms with Crippen molar-refractivity contribution in [3.8, 4) is 0 Å². The van der Waals surface area contributed by atoms with Crippen LogP contribution in [0, 0.1) is 0 Å². The van der Waals surface area contributed by atoms with E-state index < -0.39 is 63.3 Å². The highest BCUT2D eigenvalue weighted by Crippen LogP contribution is 2.43. The summed E-state index contributed by atoms with van der Waals surface area (Å²) in [5, 5.41) is 0. The minimum atomic E-state index is -2.42. The van der Waals surface area contributed by atoms with Crippen molar-refractivity contribution in [1.82, 2.24) is 0 Å². The van der Waals surface area contributed by atoms with Crippen molar-refractivity contribution in [3.05, 3.63) is 192 Å². The van der Waals surface area contributed by atoms with Crippen LogP contribution in [-0.4, -0.2) is 76.5 Å². The fraction of sp³-hybridized carbons (Fsp3) is 0.411. The van der Waals surface area contributed by atoms with E-state index in [1.54, 1.807) is 30.5 Å². The fourth-order valence-corrected chi connectivity index (χ4v) is 15.0. The highest BCUT2D eigenvalue weighted by molar-refractivity contribution is 6.77. The number of carbonyl (C=O) groups excluding carboxylic acids is 1. The van der Waals surface area contributed by atoms with Crippen LogP contribution in [0.2, 0.25) is 16.6 Å². The number of hydrogen-bond acceptors (Lipinski definition) is 10. The van der Waals surface area contributed by atoms with Gasteiger partial charge < -0.3 is 42.3 Å². The average molecular weight is 929 g/mol. The molecule has 2 aliphatic heterocycles. The third-order valence-electron chi connectivity index (χ3n) is 12.8. The Bertz CT molecular complexity index is 2190. The molecular formula is C56H68O10Si. The molecule has 5 aromatic rings. The van der Waals surface area contributed by atoms with Gasteiger partial charge in [-0.2, -0.15) is 0 Å². The fourth-order valence-electron chi connectivity index (χ4n) is 9.52. The predicted molar refractivity (Wildman–Crippen MR) is 261 cm³/mol. The van der Waals surface area contributed by atoms with Crippen molar-refractivity contribution in [2.24, 2.45) is 0 Å². The standard InChI is InChI=1S/C56H68O10Si/c1-40(2)67(41(3)4,42(5)6)64-39-50-52(61-36-45-26-16-9-17-27-45)53(62-37-46-28-18-10-19-29-46)54(66-55(57)47-30-20-11-21-31-47)56(65-50)63-38-49-51(60-35-44-24-14-8-15-25-44)48(32-33-58-49)59-34-43-22-12-7-13-23-43/h7-33,40-42,48-54,56H,34-39H2,1-6H3/t48-,49-,50-,51+,52+,53+,54-,56-/m1/s1. The van der Waals surface area contributed by atoms with Gasteiger partial charge in [-0.3, -0.25) is 0 Å². The topological polar surface area (TPSA) is 100 Å². The zero-order valence-electron chi connectivity index (χ0n) is 39.8. The van der Waals surface area contributed by atoms with E-state index in [1.807, 2.05) is 133 Å². The van der Waals surface area contributed by atoms with E-state index >= 15 is 0 Å². The lowest BCUT2D eigenvalue weighted by Crippen LogP contribution is -2.63. The van der Waals surface area contributed by atoms with E-state index in [2.05, 4.69) is 41.5 Å². The number of ether oxygens (including phenoxy) is 8. The van der Waals surface area contributed by atoms with Gasteiger partial charge in [0.1, 0.15) is 30.5 Å². The maximum absolute atomic E-state index is 14.2. The van der Waals surface area contributed by atoms with Gasteiger partial charge in [0.2, 0.25) is 0 Å². The summed E-state index contributed by atoms with van der Waals surface area (Å²) in [7, 11) is -2.42. The van der Waals surface area contributed by atoms with Crippen LogP contribution in [0.5, 0.6) is 0 Å². The van der Waals surface area contributed by atoms with E-state index in [9.17, 15) is 4.79 Å². The summed E-state index contributed by atoms with van der Waals surface area (Å²) in [5.41, 5.74) is 5.30. The molecule has 356 valence electrons. The average Bonchev–Trinajstić information content (AvgIpc) is 3.35. The number of esters is 1. The van der Waals surface area contributed by atoms with Crippen LogP contribution < -0.4 is 0 Å². The van der Waals surface area contributed by atoms with Crippen molar-refractivity contribution >= 4 is 14.3 Å². The van der Waals surface area contributed by atoms with Crippen LogP contribution >= 0.6 is 0 Å². The molecule has 1 fully saturated rings. The molecule has 5 aromatic carbocycles. The largest absolute Gasteiger partial charge is 0.493 e. The molecule has 7 rings (SSSR count). The first kappa shape index (κ1) is 49.9. The van der Waals surface area contributed by atoms with Gasteiger partial charge in [0.15, 0.2) is 26.8 Å². The lowest BCUT2D eigenvalue weighted by molar-refractivity contribution is -0.320. The molecule has 0 aliphatic carbocycles. The minimum Gasteiger partial charge on any atom is -0.493 e. The lowest BCUT2D eigenvalue weighted by atomic mass is 9.97. The van der Waals surface area contributed by atoms with Gasteiger partial charge in [-0.05, 0) is 57.1 Å². The van der Waals surface area contributed by atoms with Crippen LogP contribution in [-0.2, 0) is 68.7 Å². The summed E-state index contributed by atoms with van der Waals surface area (Å²) in [6.07, 6.45) is -2.71. The van der Waals surface area contributed by atoms with Crippen LogP contribution in [0.4, 0.5) is 0 Å². The molecule has 0 amide bonds. The highest BCUT2D eigenvalue weighted by Gasteiger charge is 2.53. The minimum absolute atomic E-state index is 0.00373. The SMILES string of the molecule is CC(C)[Si](OC[C@H]1O[C@@H](OC[C@H]2OC=C[C@@H](OCc3ccccc3)[C@@H]2OCc2ccccc2)[C@H](OC(=O)c2ccccc2)[C@@H](OCc2ccccc2)[C@H]1OCc1ccccc1)(C(C)C)C(C)C. The molecule has 2 aliphatic rings. The monoisotopic (exact) mass is 928 g/mol. The Hall–Kier alpha value is -4.95. The van der Waals surface area contributed by atoms with E-state index in [4.69, 9.17) is 42.3 Å². The normalized spacial score (nSPS) is 23.1. The van der Waals surface area contributed by atoms with Crippen molar-refractivity contribution < 1.29 is 47.1 Å². The molecule has 11 heteroatoms. The van der Waals surface area contributed by atoms with E-state index in [1.165, 1.54) is 0 Å². The van der Waals surface area contributed by atoms with E-state index in [0.29, 0.717) is 35.4 Å². The number of carbonyl (C=O) groups is 1. The number of hydrogen-bond donors (Lipinski definition) is 0. The predicted octanol–water partition coefficient (Wildman–Crippen LogP) is 11.4. The number of benzene rings is 5. The quantitative estimate of drug-likeness (QED) is 0.0465.